The number of hydrogen-bond acceptors (Lipinski definition) is 4. The Labute approximate surface area is 108 Å². The normalized spacial score (nSPS) is 15.9. The molecule has 4 nitrogen and oxygen atoms in total. The first-order valence-corrected chi connectivity index (χ1v) is 6.42. The number of phenols is 1. The predicted molar refractivity (Wildman–Crippen MR) is 70.3 cm³/mol. The lowest BCUT2D eigenvalue weighted by Gasteiger charge is -2.14. The second kappa shape index (κ2) is 5.96. The molecule has 0 amide bonds. The maximum Gasteiger partial charge on any atom is 0.200 e. The van der Waals surface area contributed by atoms with Crippen LogP contribution in [0.4, 0.5) is 0 Å². The largest absolute Gasteiger partial charge is 0.502 e. The van der Waals surface area contributed by atoms with Crippen LogP contribution < -0.4 is 14.8 Å². The van der Waals surface area contributed by atoms with Crippen molar-refractivity contribution in [3.05, 3.63) is 17.7 Å². The third-order valence-electron chi connectivity index (χ3n) is 3.49. The molecule has 0 radical (unpaired) electrons. The Balaban J connectivity index is 2.07. The van der Waals surface area contributed by atoms with Gasteiger partial charge in [0.05, 0.1) is 14.2 Å². The fourth-order valence-corrected chi connectivity index (χ4v) is 2.44. The van der Waals surface area contributed by atoms with Gasteiger partial charge in [-0.15, -0.1) is 0 Å². The molecular weight excluding hydrogens is 230 g/mol. The van der Waals surface area contributed by atoms with Crippen molar-refractivity contribution in [1.82, 2.24) is 5.32 Å². The lowest BCUT2D eigenvalue weighted by Crippen LogP contribution is -2.25. The second-order valence-electron chi connectivity index (χ2n) is 4.71. The smallest absolute Gasteiger partial charge is 0.200 e. The van der Waals surface area contributed by atoms with Crippen molar-refractivity contribution in [2.24, 2.45) is 0 Å². The molecule has 0 aromatic heterocycles. The minimum absolute atomic E-state index is 0.0598. The number of nitrogens with one attached hydrogen (secondary N) is 1. The van der Waals surface area contributed by atoms with Gasteiger partial charge in [-0.05, 0) is 30.5 Å². The third kappa shape index (κ3) is 2.88. The summed E-state index contributed by atoms with van der Waals surface area (Å²) in [6.45, 7) is 0.775. The van der Waals surface area contributed by atoms with E-state index in [2.05, 4.69) is 5.32 Å². The summed E-state index contributed by atoms with van der Waals surface area (Å²) in [5.41, 5.74) is 1.06. The summed E-state index contributed by atoms with van der Waals surface area (Å²) in [7, 11) is 3.09. The second-order valence-corrected chi connectivity index (χ2v) is 4.71. The summed E-state index contributed by atoms with van der Waals surface area (Å²) < 4.78 is 10.3. The highest BCUT2D eigenvalue weighted by atomic mass is 16.5. The Kier molecular flexibility index (Phi) is 4.31. The van der Waals surface area contributed by atoms with Crippen LogP contribution in [0, 0.1) is 0 Å². The molecule has 1 aliphatic rings. The van der Waals surface area contributed by atoms with Crippen LogP contribution in [0.3, 0.4) is 0 Å². The van der Waals surface area contributed by atoms with Crippen molar-refractivity contribution < 1.29 is 14.6 Å². The van der Waals surface area contributed by atoms with Crippen LogP contribution in [0.2, 0.25) is 0 Å². The molecular formula is C14H21NO3. The average Bonchev–Trinajstić information content (AvgIpc) is 2.90. The van der Waals surface area contributed by atoms with E-state index in [1.165, 1.54) is 25.7 Å². The summed E-state index contributed by atoms with van der Waals surface area (Å²) in [5.74, 6) is 0.972. The van der Waals surface area contributed by atoms with Gasteiger partial charge >= 0.3 is 0 Å². The Bertz CT molecular complexity index is 375. The lowest BCUT2D eigenvalue weighted by molar-refractivity contribution is 0.338. The number of phenolic OH excluding ortho intramolecular Hbond substituents is 1. The number of rotatable bonds is 5. The van der Waals surface area contributed by atoms with E-state index >= 15 is 0 Å². The van der Waals surface area contributed by atoms with Crippen LogP contribution in [-0.4, -0.2) is 25.4 Å². The summed E-state index contributed by atoms with van der Waals surface area (Å²) in [6, 6.07) is 4.32. The highest BCUT2D eigenvalue weighted by Crippen LogP contribution is 2.37. The summed E-state index contributed by atoms with van der Waals surface area (Å²) in [5, 5.41) is 13.3. The minimum Gasteiger partial charge on any atom is -0.502 e. The van der Waals surface area contributed by atoms with Crippen molar-refractivity contribution in [3.8, 4) is 17.2 Å². The van der Waals surface area contributed by atoms with E-state index in [-0.39, 0.29) is 5.75 Å². The maximum atomic E-state index is 9.82. The predicted octanol–water partition coefficient (Wildman–Crippen LogP) is 2.44. The molecule has 0 bridgehead atoms. The number of hydrogen-bond donors (Lipinski definition) is 2. The zero-order valence-electron chi connectivity index (χ0n) is 11.0. The van der Waals surface area contributed by atoms with Gasteiger partial charge in [-0.1, -0.05) is 12.8 Å². The van der Waals surface area contributed by atoms with E-state index in [0.29, 0.717) is 17.5 Å². The van der Waals surface area contributed by atoms with Gasteiger partial charge in [0.25, 0.3) is 0 Å². The first kappa shape index (κ1) is 13.0. The monoisotopic (exact) mass is 251 g/mol. The van der Waals surface area contributed by atoms with Gasteiger partial charge in [-0.25, -0.2) is 0 Å². The zero-order valence-corrected chi connectivity index (χ0v) is 11.0. The molecule has 0 aliphatic heterocycles. The van der Waals surface area contributed by atoms with Crippen molar-refractivity contribution in [2.75, 3.05) is 14.2 Å². The number of methoxy groups -OCH3 is 2. The standard InChI is InChI=1S/C14H21NO3/c1-17-12-7-10(8-13(18-2)14(12)16)9-15-11-5-3-4-6-11/h7-8,11,15-16H,3-6,9H2,1-2H3. The van der Waals surface area contributed by atoms with Crippen LogP contribution >= 0.6 is 0 Å². The molecule has 0 unspecified atom stereocenters. The molecule has 100 valence electrons. The molecule has 4 heteroatoms. The van der Waals surface area contributed by atoms with E-state index in [1.54, 1.807) is 14.2 Å². The van der Waals surface area contributed by atoms with Crippen molar-refractivity contribution in [3.63, 3.8) is 0 Å². The van der Waals surface area contributed by atoms with Gasteiger partial charge < -0.3 is 19.9 Å². The number of benzene rings is 1. The number of aromatic hydroxyl groups is 1. The van der Waals surface area contributed by atoms with E-state index in [0.717, 1.165) is 12.1 Å². The molecule has 1 saturated carbocycles. The van der Waals surface area contributed by atoms with Gasteiger partial charge in [0.15, 0.2) is 11.5 Å². The van der Waals surface area contributed by atoms with Gasteiger partial charge in [0, 0.05) is 12.6 Å². The fourth-order valence-electron chi connectivity index (χ4n) is 2.44. The highest BCUT2D eigenvalue weighted by molar-refractivity contribution is 5.52. The van der Waals surface area contributed by atoms with Crippen LogP contribution in [0.1, 0.15) is 31.2 Å². The van der Waals surface area contributed by atoms with Gasteiger partial charge in [0.2, 0.25) is 5.75 Å². The molecule has 0 saturated heterocycles. The third-order valence-corrected chi connectivity index (χ3v) is 3.49. The van der Waals surface area contributed by atoms with Gasteiger partial charge in [-0.2, -0.15) is 0 Å². The molecule has 18 heavy (non-hydrogen) atoms. The quantitative estimate of drug-likeness (QED) is 0.844. The van der Waals surface area contributed by atoms with Gasteiger partial charge in [-0.3, -0.25) is 0 Å². The van der Waals surface area contributed by atoms with E-state index in [9.17, 15) is 5.11 Å². The fraction of sp³-hybridized carbons (Fsp3) is 0.571. The lowest BCUT2D eigenvalue weighted by atomic mass is 10.1. The van der Waals surface area contributed by atoms with Crippen LogP contribution in [0.25, 0.3) is 0 Å². The van der Waals surface area contributed by atoms with Crippen LogP contribution in [0.15, 0.2) is 12.1 Å². The van der Waals surface area contributed by atoms with Crippen LogP contribution in [0.5, 0.6) is 17.2 Å². The minimum atomic E-state index is 0.0598. The number of ether oxygens (including phenoxy) is 2. The first-order valence-electron chi connectivity index (χ1n) is 6.42. The molecule has 1 aliphatic carbocycles. The van der Waals surface area contributed by atoms with Crippen molar-refractivity contribution >= 4 is 0 Å². The van der Waals surface area contributed by atoms with E-state index < -0.39 is 0 Å². The Morgan fingerprint density at radius 2 is 1.72 bits per heavy atom. The Morgan fingerprint density at radius 3 is 2.22 bits per heavy atom. The molecule has 1 fully saturated rings. The SMILES string of the molecule is COc1cc(CNC2CCCC2)cc(OC)c1O. The van der Waals surface area contributed by atoms with E-state index in [1.807, 2.05) is 12.1 Å². The van der Waals surface area contributed by atoms with Crippen molar-refractivity contribution in [2.45, 2.75) is 38.3 Å². The topological polar surface area (TPSA) is 50.7 Å². The highest BCUT2D eigenvalue weighted by Gasteiger charge is 2.15. The molecule has 0 atom stereocenters. The zero-order chi connectivity index (χ0) is 13.0. The Hall–Kier alpha value is -1.42. The summed E-state index contributed by atoms with van der Waals surface area (Å²) in [4.78, 5) is 0. The van der Waals surface area contributed by atoms with Crippen LogP contribution in [-0.2, 0) is 6.54 Å². The molecule has 2 N–H and O–H groups in total. The molecule has 0 spiro atoms. The average molecular weight is 251 g/mol. The molecule has 0 heterocycles. The summed E-state index contributed by atoms with van der Waals surface area (Å²) in [6.07, 6.45) is 5.15. The maximum absolute atomic E-state index is 9.82. The molecule has 1 aromatic carbocycles. The van der Waals surface area contributed by atoms with E-state index in [4.69, 9.17) is 9.47 Å². The molecule has 1 aromatic rings. The van der Waals surface area contributed by atoms with Gasteiger partial charge in [0.1, 0.15) is 0 Å². The first-order chi connectivity index (χ1) is 8.74. The molecule has 2 rings (SSSR count). The Morgan fingerprint density at radius 1 is 1.17 bits per heavy atom. The van der Waals surface area contributed by atoms with Crippen molar-refractivity contribution in [1.29, 1.82) is 0 Å². The summed E-state index contributed by atoms with van der Waals surface area (Å²) >= 11 is 0.